The van der Waals surface area contributed by atoms with Gasteiger partial charge in [-0.2, -0.15) is 11.8 Å². The van der Waals surface area contributed by atoms with E-state index in [-0.39, 0.29) is 0 Å². The fourth-order valence-electron chi connectivity index (χ4n) is 0.742. The predicted molar refractivity (Wildman–Crippen MR) is 55.1 cm³/mol. The molecule has 0 spiro atoms. The maximum atomic E-state index is 3.50. The van der Waals surface area contributed by atoms with Crippen LogP contribution in [0.2, 0.25) is 0 Å². The van der Waals surface area contributed by atoms with E-state index < -0.39 is 0 Å². The van der Waals surface area contributed by atoms with Gasteiger partial charge in [0.25, 0.3) is 0 Å². The van der Waals surface area contributed by atoms with Crippen LogP contribution in [0.25, 0.3) is 0 Å². The number of thioether (sulfide) groups is 1. The Morgan fingerprint density at radius 1 is 1.60 bits per heavy atom. The van der Waals surface area contributed by atoms with Crippen molar-refractivity contribution in [2.24, 2.45) is 0 Å². The van der Waals surface area contributed by atoms with E-state index in [1.807, 2.05) is 33.3 Å². The van der Waals surface area contributed by atoms with Gasteiger partial charge in [0.15, 0.2) is 0 Å². The summed E-state index contributed by atoms with van der Waals surface area (Å²) in [6.45, 7) is 1.18. The van der Waals surface area contributed by atoms with Crippen LogP contribution < -0.4 is 5.32 Å². The van der Waals surface area contributed by atoms with Gasteiger partial charge in [0.1, 0.15) is 0 Å². The molecule has 1 heterocycles. The van der Waals surface area contributed by atoms with Crippen LogP contribution in [0, 0.1) is 0 Å². The van der Waals surface area contributed by atoms with Gasteiger partial charge >= 0.3 is 0 Å². The van der Waals surface area contributed by atoms with Crippen LogP contribution in [0.4, 0.5) is 0 Å². The van der Waals surface area contributed by atoms with Gasteiger partial charge in [-0.3, -0.25) is 0 Å². The van der Waals surface area contributed by atoms with E-state index in [1.54, 1.807) is 0 Å². The monoisotopic (exact) mass is 195 g/mol. The number of rotatable bonds is 5. The zero-order chi connectivity index (χ0) is 7.23. The Bertz CT molecular complexity index is 85.1. The minimum Gasteiger partial charge on any atom is -0.311 e. The lowest BCUT2D eigenvalue weighted by atomic mass is 10.4. The van der Waals surface area contributed by atoms with Crippen molar-refractivity contribution in [3.63, 3.8) is 0 Å². The summed E-state index contributed by atoms with van der Waals surface area (Å²) in [5.74, 6) is 3.89. The Kier molecular flexibility index (Phi) is 5.13. The van der Waals surface area contributed by atoms with Crippen molar-refractivity contribution in [1.82, 2.24) is 5.32 Å². The second-order valence-corrected chi connectivity index (χ2v) is 5.94. The Morgan fingerprint density at radius 3 is 2.90 bits per heavy atom. The van der Waals surface area contributed by atoms with Crippen LogP contribution in [0.5, 0.6) is 0 Å². The van der Waals surface area contributed by atoms with Crippen LogP contribution in [0.3, 0.4) is 0 Å². The van der Waals surface area contributed by atoms with Crippen LogP contribution in [0.15, 0.2) is 0 Å². The average molecular weight is 195 g/mol. The van der Waals surface area contributed by atoms with Gasteiger partial charge in [-0.05, 0) is 6.26 Å². The van der Waals surface area contributed by atoms with E-state index >= 15 is 0 Å². The zero-order valence-electron chi connectivity index (χ0n) is 6.13. The zero-order valence-corrected chi connectivity index (χ0v) is 8.58. The van der Waals surface area contributed by atoms with Crippen LogP contribution in [-0.2, 0) is 0 Å². The van der Waals surface area contributed by atoms with E-state index in [4.69, 9.17) is 0 Å². The third-order valence-electron chi connectivity index (χ3n) is 1.37. The summed E-state index contributed by atoms with van der Waals surface area (Å²) in [7, 11) is 3.78. The van der Waals surface area contributed by atoms with Gasteiger partial charge in [-0.25, -0.2) is 0 Å². The van der Waals surface area contributed by atoms with Crippen LogP contribution in [-0.4, -0.2) is 36.1 Å². The number of hydrogen-bond acceptors (Lipinski definition) is 4. The van der Waals surface area contributed by atoms with Crippen molar-refractivity contribution in [3.05, 3.63) is 0 Å². The van der Waals surface area contributed by atoms with Crippen molar-refractivity contribution in [2.75, 3.05) is 30.1 Å². The lowest BCUT2D eigenvalue weighted by Gasteiger charge is -2.25. The predicted octanol–water partition coefficient (Wildman–Crippen LogP) is 1.70. The minimum absolute atomic E-state index is 0.826. The molecule has 0 radical (unpaired) electrons. The largest absolute Gasteiger partial charge is 0.311 e. The maximum Gasteiger partial charge on any atom is 0.0249 e. The lowest BCUT2D eigenvalue weighted by Crippen LogP contribution is -2.41. The molecule has 0 aliphatic carbocycles. The Balaban J connectivity index is 1.76. The third-order valence-corrected chi connectivity index (χ3v) is 4.46. The molecular formula is C6H13NS3. The molecule has 1 fully saturated rings. The average Bonchev–Trinajstić information content (AvgIpc) is 1.84. The molecule has 0 aromatic carbocycles. The van der Waals surface area contributed by atoms with E-state index in [1.165, 1.54) is 23.8 Å². The normalized spacial score (nSPS) is 18.9. The summed E-state index contributed by atoms with van der Waals surface area (Å²) in [4.78, 5) is 0. The molecule has 4 heteroatoms. The molecule has 1 nitrogen and oxygen atoms in total. The second-order valence-electron chi connectivity index (χ2n) is 2.18. The highest BCUT2D eigenvalue weighted by atomic mass is 33.1. The fraction of sp³-hybridized carbons (Fsp3) is 1.00. The quantitative estimate of drug-likeness (QED) is 0.529. The van der Waals surface area contributed by atoms with E-state index in [0.29, 0.717) is 0 Å². The van der Waals surface area contributed by atoms with E-state index in [2.05, 4.69) is 11.6 Å². The molecule has 0 atom stereocenters. The molecular weight excluding hydrogens is 182 g/mol. The van der Waals surface area contributed by atoms with Crippen LogP contribution in [0.1, 0.15) is 0 Å². The Labute approximate surface area is 74.9 Å². The lowest BCUT2D eigenvalue weighted by molar-refractivity contribution is 0.610. The summed E-state index contributed by atoms with van der Waals surface area (Å²) in [5.41, 5.74) is 0. The standard InChI is InChI=1S/C6H13NS3/c1-8-10-3-2-7-6-4-9-5-6/h6-7H,2-5H2,1H3. The Morgan fingerprint density at radius 2 is 2.40 bits per heavy atom. The van der Waals surface area contributed by atoms with Crippen LogP contribution >= 0.6 is 33.3 Å². The summed E-state index contributed by atoms with van der Waals surface area (Å²) < 4.78 is 0. The van der Waals surface area contributed by atoms with Crippen molar-refractivity contribution >= 4 is 33.3 Å². The molecule has 1 saturated heterocycles. The first-order valence-electron chi connectivity index (χ1n) is 3.40. The fourth-order valence-corrected chi connectivity index (χ4v) is 2.57. The van der Waals surface area contributed by atoms with Crippen molar-refractivity contribution in [3.8, 4) is 0 Å². The first-order valence-corrected chi connectivity index (χ1v) is 7.28. The third kappa shape index (κ3) is 3.42. The molecule has 1 rings (SSSR count). The molecule has 10 heavy (non-hydrogen) atoms. The minimum atomic E-state index is 0.826. The highest BCUT2D eigenvalue weighted by Crippen LogP contribution is 2.18. The molecule has 60 valence electrons. The van der Waals surface area contributed by atoms with Gasteiger partial charge in [0.2, 0.25) is 0 Å². The first-order chi connectivity index (χ1) is 4.93. The van der Waals surface area contributed by atoms with Gasteiger partial charge in [0, 0.05) is 29.8 Å². The molecule has 1 N–H and O–H groups in total. The first kappa shape index (κ1) is 9.10. The molecule has 0 aromatic heterocycles. The highest BCUT2D eigenvalue weighted by Gasteiger charge is 2.15. The molecule has 1 aliphatic heterocycles. The number of nitrogens with one attached hydrogen (secondary N) is 1. The summed E-state index contributed by atoms with van der Waals surface area (Å²) >= 11 is 2.03. The summed E-state index contributed by atoms with van der Waals surface area (Å²) in [5, 5.41) is 3.50. The van der Waals surface area contributed by atoms with Crippen molar-refractivity contribution in [2.45, 2.75) is 6.04 Å². The highest BCUT2D eigenvalue weighted by molar-refractivity contribution is 8.76. The van der Waals surface area contributed by atoms with E-state index in [0.717, 1.165) is 6.04 Å². The Hall–Kier alpha value is 1.01. The van der Waals surface area contributed by atoms with Gasteiger partial charge in [-0.15, -0.1) is 0 Å². The maximum absolute atomic E-state index is 3.50. The SMILES string of the molecule is CSSCCNC1CSC1. The topological polar surface area (TPSA) is 12.0 Å². The molecule has 0 saturated carbocycles. The smallest absolute Gasteiger partial charge is 0.0249 e. The molecule has 1 aliphatic rings. The van der Waals surface area contributed by atoms with Gasteiger partial charge in [-0.1, -0.05) is 21.6 Å². The van der Waals surface area contributed by atoms with Gasteiger partial charge in [0.05, 0.1) is 0 Å². The van der Waals surface area contributed by atoms with Crippen molar-refractivity contribution in [1.29, 1.82) is 0 Å². The summed E-state index contributed by atoms with van der Waals surface area (Å²) in [6.07, 6.45) is 2.13. The summed E-state index contributed by atoms with van der Waals surface area (Å²) in [6, 6.07) is 0.826. The molecule has 0 aromatic rings. The van der Waals surface area contributed by atoms with Crippen molar-refractivity contribution < 1.29 is 0 Å². The van der Waals surface area contributed by atoms with E-state index in [9.17, 15) is 0 Å². The second kappa shape index (κ2) is 5.63. The molecule has 0 amide bonds. The number of hydrogen-bond donors (Lipinski definition) is 1. The van der Waals surface area contributed by atoms with Gasteiger partial charge < -0.3 is 5.32 Å². The molecule has 0 unspecified atom stereocenters. The molecule has 0 bridgehead atoms.